The maximum atomic E-state index is 14.1. The van der Waals surface area contributed by atoms with Gasteiger partial charge in [0.2, 0.25) is 5.91 Å². The molecule has 0 atom stereocenters. The van der Waals surface area contributed by atoms with E-state index in [9.17, 15) is 13.6 Å². The van der Waals surface area contributed by atoms with Crippen LogP contribution in [0.1, 0.15) is 30.4 Å². The van der Waals surface area contributed by atoms with Crippen LogP contribution in [0.4, 0.5) is 14.5 Å². The van der Waals surface area contributed by atoms with Gasteiger partial charge in [0, 0.05) is 19.0 Å². The first-order valence-electron chi connectivity index (χ1n) is 7.97. The molecule has 0 aliphatic carbocycles. The van der Waals surface area contributed by atoms with Crippen LogP contribution in [-0.4, -0.2) is 12.5 Å². The zero-order chi connectivity index (χ0) is 16.2. The number of halogens is 2. The number of carbonyl (C=O) groups is 1. The molecular weight excluding hydrogens is 296 g/mol. The molecule has 1 amide bonds. The third-order valence-corrected chi connectivity index (χ3v) is 4.20. The van der Waals surface area contributed by atoms with Gasteiger partial charge in [-0.25, -0.2) is 8.78 Å². The molecule has 2 aromatic rings. The molecule has 0 N–H and O–H groups in total. The molecule has 1 aliphatic heterocycles. The summed E-state index contributed by atoms with van der Waals surface area (Å²) >= 11 is 0. The molecule has 0 spiro atoms. The lowest BCUT2D eigenvalue weighted by atomic mass is 10.00. The Balaban J connectivity index is 1.67. The third-order valence-electron chi connectivity index (χ3n) is 4.20. The van der Waals surface area contributed by atoms with Gasteiger partial charge in [0.25, 0.3) is 0 Å². The van der Waals surface area contributed by atoms with E-state index in [2.05, 4.69) is 0 Å². The first-order valence-corrected chi connectivity index (χ1v) is 7.97. The highest BCUT2D eigenvalue weighted by atomic mass is 19.1. The molecule has 3 rings (SSSR count). The fourth-order valence-corrected chi connectivity index (χ4v) is 3.12. The Morgan fingerprint density at radius 3 is 2.70 bits per heavy atom. The van der Waals surface area contributed by atoms with Crippen LogP contribution in [0.3, 0.4) is 0 Å². The van der Waals surface area contributed by atoms with Crippen LogP contribution in [0.25, 0.3) is 0 Å². The average molecular weight is 315 g/mol. The van der Waals surface area contributed by atoms with Gasteiger partial charge in [-0.05, 0) is 42.9 Å². The first-order chi connectivity index (χ1) is 11.1. The minimum absolute atomic E-state index is 0.0904. The second-order valence-corrected chi connectivity index (χ2v) is 5.88. The highest BCUT2D eigenvalue weighted by Gasteiger charge is 2.26. The molecular formula is C19H19F2NO. The number of hydrogen-bond acceptors (Lipinski definition) is 1. The van der Waals surface area contributed by atoms with Crippen LogP contribution in [-0.2, 0) is 17.6 Å². The first kappa shape index (κ1) is 15.7. The number of rotatable bonds is 4. The molecule has 0 radical (unpaired) electrons. The Kier molecular flexibility index (Phi) is 4.70. The number of nitrogens with zero attached hydrogens (tertiary/aromatic N) is 1. The summed E-state index contributed by atoms with van der Waals surface area (Å²) in [4.78, 5) is 13.9. The van der Waals surface area contributed by atoms with E-state index in [1.54, 1.807) is 0 Å². The van der Waals surface area contributed by atoms with Gasteiger partial charge in [0.15, 0.2) is 0 Å². The van der Waals surface area contributed by atoms with E-state index >= 15 is 0 Å². The molecule has 1 heterocycles. The van der Waals surface area contributed by atoms with Crippen molar-refractivity contribution < 1.29 is 13.6 Å². The van der Waals surface area contributed by atoms with Crippen molar-refractivity contribution in [3.05, 3.63) is 65.2 Å². The van der Waals surface area contributed by atoms with E-state index in [4.69, 9.17) is 0 Å². The summed E-state index contributed by atoms with van der Waals surface area (Å²) in [5.41, 5.74) is 2.04. The normalized spacial score (nSPS) is 13.7. The van der Waals surface area contributed by atoms with Crippen molar-refractivity contribution >= 4 is 11.6 Å². The second-order valence-electron chi connectivity index (χ2n) is 5.88. The number of fused-ring (bicyclic) bond motifs is 1. The van der Waals surface area contributed by atoms with Gasteiger partial charge in [-0.2, -0.15) is 0 Å². The van der Waals surface area contributed by atoms with E-state index in [-0.39, 0.29) is 11.6 Å². The number of aryl methyl sites for hydroxylation is 2. The number of amides is 1. The van der Waals surface area contributed by atoms with Crippen LogP contribution in [0.2, 0.25) is 0 Å². The van der Waals surface area contributed by atoms with Crippen LogP contribution in [0.15, 0.2) is 42.5 Å². The maximum Gasteiger partial charge on any atom is 0.227 e. The predicted molar refractivity (Wildman–Crippen MR) is 86.4 cm³/mol. The molecule has 0 saturated heterocycles. The maximum absolute atomic E-state index is 14.1. The zero-order valence-electron chi connectivity index (χ0n) is 12.9. The van der Waals surface area contributed by atoms with Crippen molar-refractivity contribution in [1.82, 2.24) is 0 Å². The quantitative estimate of drug-likeness (QED) is 0.825. The van der Waals surface area contributed by atoms with Crippen LogP contribution in [0, 0.1) is 11.6 Å². The van der Waals surface area contributed by atoms with Crippen molar-refractivity contribution in [1.29, 1.82) is 0 Å². The second kappa shape index (κ2) is 6.90. The fourth-order valence-electron chi connectivity index (χ4n) is 3.12. The van der Waals surface area contributed by atoms with Crippen molar-refractivity contribution in [3.8, 4) is 0 Å². The summed E-state index contributed by atoms with van der Waals surface area (Å²) in [6, 6.07) is 12.2. The van der Waals surface area contributed by atoms with Gasteiger partial charge in [0.1, 0.15) is 11.6 Å². The zero-order valence-corrected chi connectivity index (χ0v) is 12.9. The standard InChI is InChI=1S/C19H19F2NO/c20-16-12-15-9-5-11-22(19(15)17(21)13-16)18(23)10-4-8-14-6-2-1-3-7-14/h1-3,6-7,12-13H,4-5,8-11H2. The summed E-state index contributed by atoms with van der Waals surface area (Å²) in [6.07, 6.45) is 3.25. The van der Waals surface area contributed by atoms with Gasteiger partial charge in [0.05, 0.1) is 5.69 Å². The Morgan fingerprint density at radius 2 is 1.91 bits per heavy atom. The molecule has 0 bridgehead atoms. The van der Waals surface area contributed by atoms with E-state index in [0.717, 1.165) is 25.3 Å². The van der Waals surface area contributed by atoms with Crippen molar-refractivity contribution in [3.63, 3.8) is 0 Å². The van der Waals surface area contributed by atoms with Gasteiger partial charge in [-0.15, -0.1) is 0 Å². The molecule has 0 saturated carbocycles. The summed E-state index contributed by atoms with van der Waals surface area (Å²) < 4.78 is 27.4. The van der Waals surface area contributed by atoms with E-state index in [1.807, 2.05) is 30.3 Å². The summed E-state index contributed by atoms with van der Waals surface area (Å²) in [5, 5.41) is 0. The molecule has 23 heavy (non-hydrogen) atoms. The number of anilines is 1. The van der Waals surface area contributed by atoms with Crippen LogP contribution >= 0.6 is 0 Å². The monoisotopic (exact) mass is 315 g/mol. The summed E-state index contributed by atoms with van der Waals surface area (Å²) in [5.74, 6) is -1.32. The Bertz CT molecular complexity index is 700. The molecule has 2 aromatic carbocycles. The molecule has 1 aliphatic rings. The number of carbonyl (C=O) groups excluding carboxylic acids is 1. The van der Waals surface area contributed by atoms with Crippen molar-refractivity contribution in [2.24, 2.45) is 0 Å². The highest BCUT2D eigenvalue weighted by Crippen LogP contribution is 2.31. The van der Waals surface area contributed by atoms with Gasteiger partial charge < -0.3 is 4.90 Å². The minimum atomic E-state index is -0.642. The molecule has 0 aromatic heterocycles. The Labute approximate surface area is 134 Å². The van der Waals surface area contributed by atoms with Crippen molar-refractivity contribution in [2.45, 2.75) is 32.1 Å². The topological polar surface area (TPSA) is 20.3 Å². The molecule has 120 valence electrons. The average Bonchev–Trinajstić information content (AvgIpc) is 2.55. The molecule has 0 fully saturated rings. The smallest absolute Gasteiger partial charge is 0.227 e. The fraction of sp³-hybridized carbons (Fsp3) is 0.316. The van der Waals surface area contributed by atoms with E-state index in [1.165, 1.54) is 16.5 Å². The lowest BCUT2D eigenvalue weighted by molar-refractivity contribution is -0.118. The SMILES string of the molecule is O=C(CCCc1ccccc1)N1CCCc2cc(F)cc(F)c21. The lowest BCUT2D eigenvalue weighted by Crippen LogP contribution is -2.36. The van der Waals surface area contributed by atoms with Gasteiger partial charge >= 0.3 is 0 Å². The lowest BCUT2D eigenvalue weighted by Gasteiger charge is -2.30. The van der Waals surface area contributed by atoms with E-state index < -0.39 is 11.6 Å². The number of benzene rings is 2. The Morgan fingerprint density at radius 1 is 1.13 bits per heavy atom. The third kappa shape index (κ3) is 3.58. The molecule has 0 unspecified atom stereocenters. The van der Waals surface area contributed by atoms with E-state index in [0.29, 0.717) is 24.9 Å². The molecule has 2 nitrogen and oxygen atoms in total. The van der Waals surface area contributed by atoms with Crippen molar-refractivity contribution in [2.75, 3.05) is 11.4 Å². The predicted octanol–water partition coefficient (Wildman–Crippen LogP) is 4.27. The minimum Gasteiger partial charge on any atom is -0.309 e. The number of hydrogen-bond donors (Lipinski definition) is 0. The molecule has 4 heteroatoms. The highest BCUT2D eigenvalue weighted by molar-refractivity contribution is 5.94. The van der Waals surface area contributed by atoms with Crippen LogP contribution < -0.4 is 4.90 Å². The Hall–Kier alpha value is -2.23. The van der Waals surface area contributed by atoms with Gasteiger partial charge in [-0.1, -0.05) is 30.3 Å². The van der Waals surface area contributed by atoms with Crippen LogP contribution in [0.5, 0.6) is 0 Å². The summed E-state index contributed by atoms with van der Waals surface area (Å²) in [6.45, 7) is 0.500. The largest absolute Gasteiger partial charge is 0.309 e. The summed E-state index contributed by atoms with van der Waals surface area (Å²) in [7, 11) is 0. The van der Waals surface area contributed by atoms with Gasteiger partial charge in [-0.3, -0.25) is 4.79 Å².